The van der Waals surface area contributed by atoms with Crippen molar-refractivity contribution in [1.82, 2.24) is 0 Å². The van der Waals surface area contributed by atoms with E-state index in [0.717, 1.165) is 5.56 Å². The first-order chi connectivity index (χ1) is 9.29. The summed E-state index contributed by atoms with van der Waals surface area (Å²) in [5, 5.41) is 17.1. The van der Waals surface area contributed by atoms with Gasteiger partial charge in [0.2, 0.25) is 0 Å². The molecule has 1 nitrogen and oxygen atoms in total. The molecule has 0 atom stereocenters. The largest absolute Gasteiger partial charge is 0.392 e. The van der Waals surface area contributed by atoms with Crippen molar-refractivity contribution in [3.05, 3.63) is 59.7 Å². The van der Waals surface area contributed by atoms with Gasteiger partial charge in [-0.2, -0.15) is 0 Å². The Hall–Kier alpha value is -2.12. The number of aryl methyl sites for hydroxylation is 1. The third-order valence-electron chi connectivity index (χ3n) is 4.14. The van der Waals surface area contributed by atoms with Crippen LogP contribution in [0.1, 0.15) is 11.1 Å². The van der Waals surface area contributed by atoms with Crippen LogP contribution in [0.2, 0.25) is 0 Å². The summed E-state index contributed by atoms with van der Waals surface area (Å²) in [5.74, 6) is 0. The van der Waals surface area contributed by atoms with Crippen molar-refractivity contribution in [2.45, 2.75) is 13.5 Å². The van der Waals surface area contributed by atoms with Crippen LogP contribution in [-0.4, -0.2) is 5.11 Å². The Morgan fingerprint density at radius 3 is 2.05 bits per heavy atom. The second-order valence-corrected chi connectivity index (χ2v) is 5.19. The summed E-state index contributed by atoms with van der Waals surface area (Å²) >= 11 is 0. The highest BCUT2D eigenvalue weighted by molar-refractivity contribution is 6.24. The molecule has 0 heterocycles. The molecule has 0 fully saturated rings. The van der Waals surface area contributed by atoms with Crippen LogP contribution in [0, 0.1) is 6.92 Å². The van der Waals surface area contributed by atoms with E-state index in [0.29, 0.717) is 0 Å². The zero-order valence-corrected chi connectivity index (χ0v) is 10.8. The standard InChI is InChI=1S/C18H14O/c1-11-2-3-12-4-5-13-6-7-14(10-19)16-9-8-15(11)17(12)18(13)16/h2-9,19H,10H2,1H3. The van der Waals surface area contributed by atoms with Gasteiger partial charge in [0.25, 0.3) is 0 Å². The lowest BCUT2D eigenvalue weighted by Gasteiger charge is -2.14. The third kappa shape index (κ3) is 1.33. The van der Waals surface area contributed by atoms with E-state index in [-0.39, 0.29) is 6.61 Å². The fraction of sp³-hybridized carbons (Fsp3) is 0.111. The molecule has 0 aromatic heterocycles. The molecular weight excluding hydrogens is 232 g/mol. The average molecular weight is 246 g/mol. The minimum Gasteiger partial charge on any atom is -0.392 e. The number of aliphatic hydroxyl groups is 1. The van der Waals surface area contributed by atoms with Gasteiger partial charge in [0, 0.05) is 0 Å². The summed E-state index contributed by atoms with van der Waals surface area (Å²) in [6.07, 6.45) is 0. The van der Waals surface area contributed by atoms with E-state index in [4.69, 9.17) is 0 Å². The zero-order valence-electron chi connectivity index (χ0n) is 10.8. The topological polar surface area (TPSA) is 20.2 Å². The Balaban J connectivity index is 2.39. The van der Waals surface area contributed by atoms with Crippen LogP contribution in [0.15, 0.2) is 48.5 Å². The molecule has 0 radical (unpaired) electrons. The van der Waals surface area contributed by atoms with E-state index in [1.54, 1.807) is 0 Å². The van der Waals surface area contributed by atoms with Crippen molar-refractivity contribution in [2.75, 3.05) is 0 Å². The fourth-order valence-electron chi connectivity index (χ4n) is 3.15. The van der Waals surface area contributed by atoms with Gasteiger partial charge in [-0.25, -0.2) is 0 Å². The Bertz CT molecular complexity index is 906. The van der Waals surface area contributed by atoms with E-state index in [9.17, 15) is 5.11 Å². The van der Waals surface area contributed by atoms with Crippen molar-refractivity contribution in [3.8, 4) is 0 Å². The zero-order chi connectivity index (χ0) is 13.0. The lowest BCUT2D eigenvalue weighted by molar-refractivity contribution is 0.283. The smallest absolute Gasteiger partial charge is 0.0687 e. The first-order valence-corrected chi connectivity index (χ1v) is 6.56. The second kappa shape index (κ2) is 3.69. The molecule has 0 aliphatic heterocycles. The molecule has 0 saturated heterocycles. The minimum atomic E-state index is 0.0904. The predicted molar refractivity (Wildman–Crippen MR) is 80.8 cm³/mol. The predicted octanol–water partition coefficient (Wildman–Crippen LogP) is 4.38. The Kier molecular flexibility index (Phi) is 2.09. The fourth-order valence-corrected chi connectivity index (χ4v) is 3.15. The van der Waals surface area contributed by atoms with E-state index >= 15 is 0 Å². The first kappa shape index (κ1) is 10.8. The summed E-state index contributed by atoms with van der Waals surface area (Å²) in [5.41, 5.74) is 2.31. The molecule has 0 amide bonds. The van der Waals surface area contributed by atoms with Crippen molar-refractivity contribution in [2.24, 2.45) is 0 Å². The Labute approximate surface area is 111 Å². The number of aliphatic hydroxyl groups excluding tert-OH is 1. The number of benzene rings is 4. The number of hydrogen-bond acceptors (Lipinski definition) is 1. The maximum Gasteiger partial charge on any atom is 0.0687 e. The lowest BCUT2D eigenvalue weighted by Crippen LogP contribution is -1.90. The SMILES string of the molecule is Cc1ccc2ccc3ccc(CO)c4ccc1c2c34. The van der Waals surface area contributed by atoms with Gasteiger partial charge in [0.15, 0.2) is 0 Å². The van der Waals surface area contributed by atoms with Crippen LogP contribution in [0.4, 0.5) is 0 Å². The van der Waals surface area contributed by atoms with Crippen molar-refractivity contribution in [3.63, 3.8) is 0 Å². The summed E-state index contributed by atoms with van der Waals surface area (Å²) in [7, 11) is 0. The Morgan fingerprint density at radius 2 is 1.32 bits per heavy atom. The molecule has 4 rings (SSSR count). The van der Waals surface area contributed by atoms with Gasteiger partial charge in [0.1, 0.15) is 0 Å². The molecule has 0 bridgehead atoms. The molecule has 4 aromatic carbocycles. The van der Waals surface area contributed by atoms with Crippen LogP contribution >= 0.6 is 0 Å². The molecule has 0 saturated carbocycles. The van der Waals surface area contributed by atoms with Crippen LogP contribution in [0.5, 0.6) is 0 Å². The second-order valence-electron chi connectivity index (χ2n) is 5.19. The molecule has 19 heavy (non-hydrogen) atoms. The summed E-state index contributed by atoms with van der Waals surface area (Å²) in [6, 6.07) is 17.2. The van der Waals surface area contributed by atoms with Crippen LogP contribution < -0.4 is 0 Å². The summed E-state index contributed by atoms with van der Waals surface area (Å²) < 4.78 is 0. The van der Waals surface area contributed by atoms with Crippen molar-refractivity contribution >= 4 is 32.3 Å². The highest BCUT2D eigenvalue weighted by atomic mass is 16.3. The molecule has 0 unspecified atom stereocenters. The molecule has 1 N–H and O–H groups in total. The maximum absolute atomic E-state index is 9.52. The van der Waals surface area contributed by atoms with Crippen molar-refractivity contribution in [1.29, 1.82) is 0 Å². The van der Waals surface area contributed by atoms with Gasteiger partial charge >= 0.3 is 0 Å². The monoisotopic (exact) mass is 246 g/mol. The van der Waals surface area contributed by atoms with Gasteiger partial charge in [-0.3, -0.25) is 0 Å². The molecular formula is C18H14O. The molecule has 4 aromatic rings. The molecule has 92 valence electrons. The van der Waals surface area contributed by atoms with Crippen LogP contribution in [0.3, 0.4) is 0 Å². The van der Waals surface area contributed by atoms with E-state index in [1.165, 1.54) is 37.9 Å². The summed E-state index contributed by atoms with van der Waals surface area (Å²) in [6.45, 7) is 2.24. The lowest BCUT2D eigenvalue weighted by atomic mass is 9.90. The highest BCUT2D eigenvalue weighted by Crippen LogP contribution is 2.37. The quantitative estimate of drug-likeness (QED) is 0.494. The van der Waals surface area contributed by atoms with Gasteiger partial charge in [-0.1, -0.05) is 48.5 Å². The molecule has 0 aliphatic rings. The highest BCUT2D eigenvalue weighted by Gasteiger charge is 2.11. The van der Waals surface area contributed by atoms with E-state index in [2.05, 4.69) is 49.4 Å². The van der Waals surface area contributed by atoms with Gasteiger partial charge in [0.05, 0.1) is 6.61 Å². The minimum absolute atomic E-state index is 0.0904. The summed E-state index contributed by atoms with van der Waals surface area (Å²) in [4.78, 5) is 0. The third-order valence-corrected chi connectivity index (χ3v) is 4.14. The van der Waals surface area contributed by atoms with Gasteiger partial charge < -0.3 is 5.11 Å². The average Bonchev–Trinajstić information content (AvgIpc) is 2.46. The Morgan fingerprint density at radius 1 is 0.737 bits per heavy atom. The molecule has 0 aliphatic carbocycles. The first-order valence-electron chi connectivity index (χ1n) is 6.56. The van der Waals surface area contributed by atoms with Crippen LogP contribution in [-0.2, 0) is 6.61 Å². The van der Waals surface area contributed by atoms with Gasteiger partial charge in [-0.15, -0.1) is 0 Å². The van der Waals surface area contributed by atoms with E-state index < -0.39 is 0 Å². The van der Waals surface area contributed by atoms with Crippen molar-refractivity contribution < 1.29 is 5.11 Å². The van der Waals surface area contributed by atoms with Gasteiger partial charge in [-0.05, 0) is 50.4 Å². The van der Waals surface area contributed by atoms with Crippen LogP contribution in [0.25, 0.3) is 32.3 Å². The number of rotatable bonds is 1. The maximum atomic E-state index is 9.52. The molecule has 1 heteroatoms. The van der Waals surface area contributed by atoms with E-state index in [1.807, 2.05) is 6.07 Å². The normalized spacial score (nSPS) is 11.9. The molecule has 0 spiro atoms. The number of hydrogen-bond donors (Lipinski definition) is 1.